The topological polar surface area (TPSA) is 38.2 Å². The molecule has 0 atom stereocenters. The lowest BCUT2D eigenvalue weighted by Gasteiger charge is -2.26. The Morgan fingerprint density at radius 2 is 1.87 bits per heavy atom. The van der Waals surface area contributed by atoms with Crippen molar-refractivity contribution in [2.24, 2.45) is 0 Å². The molecule has 0 saturated carbocycles. The first-order chi connectivity index (χ1) is 11.0. The molecule has 2 aromatic rings. The Balaban J connectivity index is 1.86. The summed E-state index contributed by atoms with van der Waals surface area (Å²) in [5.74, 6) is 0.934. The van der Waals surface area contributed by atoms with Crippen LogP contribution in [0.25, 0.3) is 10.9 Å². The second-order valence-electron chi connectivity index (χ2n) is 7.20. The zero-order valence-corrected chi connectivity index (χ0v) is 16.0. The molecule has 0 amide bonds. The molecule has 0 unspecified atom stereocenters. The average molecular weight is 348 g/mol. The third-order valence-corrected chi connectivity index (χ3v) is 8.35. The molecule has 124 valence electrons. The highest BCUT2D eigenvalue weighted by molar-refractivity contribution is 8.01. The molecule has 1 aliphatic heterocycles. The minimum atomic E-state index is -1.11. The SMILES string of the molecule is C[Si](C)(C)CSc1nc(CN2CCOCC2)nc2ccccc12. The van der Waals surface area contributed by atoms with E-state index in [1.165, 1.54) is 10.8 Å². The predicted molar refractivity (Wildman–Crippen MR) is 99.7 cm³/mol. The number of benzene rings is 1. The average Bonchev–Trinajstić information content (AvgIpc) is 2.53. The quantitative estimate of drug-likeness (QED) is 0.471. The maximum atomic E-state index is 5.43. The first-order valence-electron chi connectivity index (χ1n) is 8.20. The molecule has 0 bridgehead atoms. The van der Waals surface area contributed by atoms with Gasteiger partial charge in [-0.25, -0.2) is 9.97 Å². The summed E-state index contributed by atoms with van der Waals surface area (Å²) in [5, 5.41) is 3.51. The third kappa shape index (κ3) is 4.76. The van der Waals surface area contributed by atoms with E-state index in [2.05, 4.69) is 48.8 Å². The lowest BCUT2D eigenvalue weighted by Crippen LogP contribution is -2.36. The van der Waals surface area contributed by atoms with Crippen LogP contribution in [0.3, 0.4) is 0 Å². The van der Waals surface area contributed by atoms with E-state index in [1.807, 2.05) is 11.8 Å². The van der Waals surface area contributed by atoms with Crippen LogP contribution in [-0.2, 0) is 11.3 Å². The van der Waals surface area contributed by atoms with Crippen molar-refractivity contribution in [2.75, 3.05) is 31.7 Å². The van der Waals surface area contributed by atoms with Crippen molar-refractivity contribution in [1.82, 2.24) is 14.9 Å². The Morgan fingerprint density at radius 1 is 1.13 bits per heavy atom. The highest BCUT2D eigenvalue weighted by Crippen LogP contribution is 2.27. The maximum absolute atomic E-state index is 5.43. The molecule has 0 N–H and O–H groups in total. The fourth-order valence-electron chi connectivity index (χ4n) is 2.52. The van der Waals surface area contributed by atoms with E-state index in [0.29, 0.717) is 0 Å². The highest BCUT2D eigenvalue weighted by Gasteiger charge is 2.17. The van der Waals surface area contributed by atoms with E-state index in [9.17, 15) is 0 Å². The summed E-state index contributed by atoms with van der Waals surface area (Å²) in [5.41, 5.74) is 1.06. The van der Waals surface area contributed by atoms with E-state index in [4.69, 9.17) is 14.7 Å². The van der Waals surface area contributed by atoms with Crippen LogP contribution < -0.4 is 0 Å². The number of rotatable bonds is 5. The molecule has 1 fully saturated rings. The molecule has 1 aromatic carbocycles. The molecular weight excluding hydrogens is 322 g/mol. The van der Waals surface area contributed by atoms with Crippen LogP contribution >= 0.6 is 11.8 Å². The summed E-state index contributed by atoms with van der Waals surface area (Å²) < 4.78 is 5.43. The number of aromatic nitrogens is 2. The number of thioether (sulfide) groups is 1. The Hall–Kier alpha value is -0.953. The number of hydrogen-bond acceptors (Lipinski definition) is 5. The van der Waals surface area contributed by atoms with Gasteiger partial charge in [-0.2, -0.15) is 0 Å². The second kappa shape index (κ2) is 7.30. The van der Waals surface area contributed by atoms with E-state index in [1.54, 1.807) is 0 Å². The van der Waals surface area contributed by atoms with Gasteiger partial charge in [0, 0.05) is 18.5 Å². The van der Waals surface area contributed by atoms with Gasteiger partial charge in [-0.3, -0.25) is 4.90 Å². The maximum Gasteiger partial charge on any atom is 0.144 e. The molecule has 3 rings (SSSR count). The third-order valence-electron chi connectivity index (χ3n) is 3.73. The van der Waals surface area contributed by atoms with Gasteiger partial charge in [-0.05, 0) is 11.4 Å². The number of fused-ring (bicyclic) bond motifs is 1. The molecule has 0 aliphatic carbocycles. The normalized spacial score (nSPS) is 16.8. The number of nitrogens with zero attached hydrogens (tertiary/aromatic N) is 3. The zero-order valence-electron chi connectivity index (χ0n) is 14.2. The molecule has 6 heteroatoms. The lowest BCUT2D eigenvalue weighted by molar-refractivity contribution is 0.0330. The van der Waals surface area contributed by atoms with Crippen LogP contribution in [0.1, 0.15) is 5.82 Å². The molecule has 1 aromatic heterocycles. The van der Waals surface area contributed by atoms with Crippen LogP contribution in [0.5, 0.6) is 0 Å². The van der Waals surface area contributed by atoms with Crippen LogP contribution in [0.4, 0.5) is 0 Å². The summed E-state index contributed by atoms with van der Waals surface area (Å²) in [7, 11) is -1.11. The molecule has 1 aliphatic rings. The number of para-hydroxylation sites is 1. The van der Waals surface area contributed by atoms with Crippen molar-refractivity contribution in [3.63, 3.8) is 0 Å². The summed E-state index contributed by atoms with van der Waals surface area (Å²) in [6.45, 7) is 11.6. The summed E-state index contributed by atoms with van der Waals surface area (Å²) in [6, 6.07) is 8.37. The van der Waals surface area contributed by atoms with E-state index < -0.39 is 8.07 Å². The molecule has 2 heterocycles. The van der Waals surface area contributed by atoms with Crippen LogP contribution in [0, 0.1) is 0 Å². The van der Waals surface area contributed by atoms with E-state index in [0.717, 1.165) is 49.2 Å². The minimum Gasteiger partial charge on any atom is -0.379 e. The minimum absolute atomic E-state index is 0.810. The molecule has 23 heavy (non-hydrogen) atoms. The monoisotopic (exact) mass is 347 g/mol. The van der Waals surface area contributed by atoms with Crippen molar-refractivity contribution in [3.8, 4) is 0 Å². The second-order valence-corrected chi connectivity index (χ2v) is 14.2. The number of morpholine rings is 1. The summed E-state index contributed by atoms with van der Waals surface area (Å²) >= 11 is 1.90. The van der Waals surface area contributed by atoms with Crippen LogP contribution in [0.2, 0.25) is 19.6 Å². The summed E-state index contributed by atoms with van der Waals surface area (Å²) in [4.78, 5) is 12.0. The molecular formula is C17H25N3OSSi. The lowest BCUT2D eigenvalue weighted by atomic mass is 10.2. The van der Waals surface area contributed by atoms with Crippen LogP contribution in [-0.4, -0.2) is 54.6 Å². The molecule has 0 radical (unpaired) electrons. The smallest absolute Gasteiger partial charge is 0.144 e. The van der Waals surface area contributed by atoms with Gasteiger partial charge in [0.15, 0.2) is 0 Å². The van der Waals surface area contributed by atoms with E-state index in [-0.39, 0.29) is 0 Å². The van der Waals surface area contributed by atoms with Crippen molar-refractivity contribution in [1.29, 1.82) is 0 Å². The van der Waals surface area contributed by atoms with Crippen molar-refractivity contribution in [3.05, 3.63) is 30.1 Å². The number of ether oxygens (including phenoxy) is 1. The van der Waals surface area contributed by atoms with E-state index >= 15 is 0 Å². The van der Waals surface area contributed by atoms with Gasteiger partial charge in [0.05, 0.1) is 33.3 Å². The van der Waals surface area contributed by atoms with Gasteiger partial charge in [0.1, 0.15) is 10.9 Å². The Kier molecular flexibility index (Phi) is 5.36. The first kappa shape index (κ1) is 16.9. The van der Waals surface area contributed by atoms with Crippen molar-refractivity contribution >= 4 is 30.7 Å². The standard InChI is InChI=1S/C17H25N3OSSi/c1-23(2,3)13-22-17-14-6-4-5-7-15(14)18-16(19-17)12-20-8-10-21-11-9-20/h4-7H,8-13H2,1-3H3. The van der Waals surface area contributed by atoms with Gasteiger partial charge in [-0.1, -0.05) is 37.8 Å². The first-order valence-corrected chi connectivity index (χ1v) is 12.9. The van der Waals surface area contributed by atoms with Gasteiger partial charge in [-0.15, -0.1) is 11.8 Å². The van der Waals surface area contributed by atoms with Crippen molar-refractivity contribution < 1.29 is 4.74 Å². The fourth-order valence-corrected chi connectivity index (χ4v) is 5.30. The van der Waals surface area contributed by atoms with Crippen LogP contribution in [0.15, 0.2) is 29.3 Å². The molecule has 1 saturated heterocycles. The van der Waals surface area contributed by atoms with Gasteiger partial charge < -0.3 is 4.74 Å². The molecule has 4 nitrogen and oxygen atoms in total. The van der Waals surface area contributed by atoms with Gasteiger partial charge in [0.25, 0.3) is 0 Å². The largest absolute Gasteiger partial charge is 0.379 e. The summed E-state index contributed by atoms with van der Waals surface area (Å²) in [6.07, 6.45) is 0. The Morgan fingerprint density at radius 3 is 2.61 bits per heavy atom. The number of hydrogen-bond donors (Lipinski definition) is 0. The molecule has 0 spiro atoms. The van der Waals surface area contributed by atoms with Gasteiger partial charge in [0.2, 0.25) is 0 Å². The van der Waals surface area contributed by atoms with Gasteiger partial charge >= 0.3 is 0 Å². The highest BCUT2D eigenvalue weighted by atomic mass is 32.2. The Labute approximate surface area is 143 Å². The Bertz CT molecular complexity index is 668. The van der Waals surface area contributed by atoms with Crippen molar-refractivity contribution in [2.45, 2.75) is 31.2 Å². The zero-order chi connectivity index (χ0) is 16.3. The predicted octanol–water partition coefficient (Wildman–Crippen LogP) is 3.43. The fraction of sp³-hybridized carbons (Fsp3) is 0.529.